The van der Waals surface area contributed by atoms with Crippen molar-refractivity contribution >= 4 is 28.4 Å². The Labute approximate surface area is 310 Å². The molecule has 12 heteroatoms. The molecule has 7 rings (SSSR count). The fraction of sp³-hybridized carbons (Fsp3) is 0.512. The van der Waals surface area contributed by atoms with Gasteiger partial charge in [0, 0.05) is 86.0 Å². The number of anilines is 2. The fourth-order valence-corrected chi connectivity index (χ4v) is 7.76. The van der Waals surface area contributed by atoms with Crippen molar-refractivity contribution < 1.29 is 18.3 Å². The van der Waals surface area contributed by atoms with E-state index in [9.17, 15) is 9.59 Å². The van der Waals surface area contributed by atoms with Gasteiger partial charge in [-0.05, 0) is 102 Å². The maximum Gasteiger partial charge on any atom is 0.407 e. The van der Waals surface area contributed by atoms with Gasteiger partial charge in [-0.1, -0.05) is 0 Å². The van der Waals surface area contributed by atoms with E-state index in [-0.39, 0.29) is 49.3 Å². The number of carbonyl (C=O) groups is 1. The van der Waals surface area contributed by atoms with Crippen LogP contribution in [0.5, 0.6) is 0 Å². The van der Waals surface area contributed by atoms with Crippen LogP contribution in [-0.4, -0.2) is 75.6 Å². The van der Waals surface area contributed by atoms with Gasteiger partial charge in [-0.2, -0.15) is 0 Å². The molecule has 1 N–H and O–H groups in total. The largest absolute Gasteiger partial charge is 0.444 e. The van der Waals surface area contributed by atoms with Crippen molar-refractivity contribution in [3.05, 3.63) is 93.5 Å². The lowest BCUT2D eigenvalue weighted by Gasteiger charge is -2.40. The van der Waals surface area contributed by atoms with E-state index >= 15 is 8.78 Å². The second-order valence-corrected chi connectivity index (χ2v) is 16.2. The Kier molecular flexibility index (Phi) is 10.2. The predicted octanol–water partition coefficient (Wildman–Crippen LogP) is 7.00. The Hall–Kier alpha value is -4.58. The van der Waals surface area contributed by atoms with Crippen LogP contribution in [0.3, 0.4) is 0 Å². The van der Waals surface area contributed by atoms with Crippen LogP contribution in [0, 0.1) is 19.7 Å². The third-order valence-corrected chi connectivity index (χ3v) is 10.6. The Morgan fingerprint density at radius 1 is 1.04 bits per heavy atom. The summed E-state index contributed by atoms with van der Waals surface area (Å²) >= 11 is 0. The van der Waals surface area contributed by atoms with E-state index in [0.29, 0.717) is 29.6 Å². The number of pyridine rings is 3. The van der Waals surface area contributed by atoms with Crippen molar-refractivity contribution in [2.45, 2.75) is 103 Å². The Morgan fingerprint density at radius 2 is 1.85 bits per heavy atom. The van der Waals surface area contributed by atoms with E-state index in [1.165, 1.54) is 6.07 Å². The Bertz CT molecular complexity index is 2030. The SMILES string of the molecule is Cc1ccc(N2CCC[C@H](N(Cc3ccnc(C)c3)Cc3cn(C4CC4)c4cc(N5CCC(F)(CNC(=O)OC(C)(C)C)C5)c(F)cc4c3=O)C2)cn1. The van der Waals surface area contributed by atoms with E-state index in [0.717, 1.165) is 61.4 Å². The number of hydrogen-bond acceptors (Lipinski definition) is 8. The lowest BCUT2D eigenvalue weighted by atomic mass is 10.0. The average molecular weight is 728 g/mol. The maximum absolute atomic E-state index is 16.1. The summed E-state index contributed by atoms with van der Waals surface area (Å²) in [4.78, 5) is 41.9. The lowest BCUT2D eigenvalue weighted by molar-refractivity contribution is 0.0486. The topological polar surface area (TPSA) is 95.8 Å². The molecular weight excluding hydrogens is 676 g/mol. The average Bonchev–Trinajstić information content (AvgIpc) is 3.88. The van der Waals surface area contributed by atoms with Crippen LogP contribution in [0.4, 0.5) is 25.0 Å². The first-order chi connectivity index (χ1) is 25.2. The molecule has 3 aromatic heterocycles. The first-order valence-electron chi connectivity index (χ1n) is 18.8. The van der Waals surface area contributed by atoms with Gasteiger partial charge in [0.2, 0.25) is 0 Å². The van der Waals surface area contributed by atoms with Crippen LogP contribution in [-0.2, 0) is 17.8 Å². The number of hydrogen-bond donors (Lipinski definition) is 1. The second kappa shape index (κ2) is 14.7. The number of benzene rings is 1. The molecule has 1 saturated carbocycles. The number of nitrogens with zero attached hydrogens (tertiary/aromatic N) is 6. The minimum Gasteiger partial charge on any atom is -0.444 e. The lowest BCUT2D eigenvalue weighted by Crippen LogP contribution is -2.48. The van der Waals surface area contributed by atoms with Gasteiger partial charge in [-0.3, -0.25) is 19.7 Å². The highest BCUT2D eigenvalue weighted by molar-refractivity contribution is 5.84. The number of fused-ring (bicyclic) bond motifs is 1. The molecule has 1 amide bonds. The molecule has 0 spiro atoms. The molecular formula is C41H51F2N7O3. The summed E-state index contributed by atoms with van der Waals surface area (Å²) < 4.78 is 39.4. The monoisotopic (exact) mass is 727 g/mol. The second-order valence-electron chi connectivity index (χ2n) is 16.2. The number of alkyl carbamates (subject to hydrolysis) is 1. The molecule has 282 valence electrons. The predicted molar refractivity (Wildman–Crippen MR) is 204 cm³/mol. The van der Waals surface area contributed by atoms with Crippen molar-refractivity contribution in [1.29, 1.82) is 0 Å². The van der Waals surface area contributed by atoms with Gasteiger partial charge in [0.15, 0.2) is 5.43 Å². The number of piperidine rings is 1. The van der Waals surface area contributed by atoms with E-state index in [1.54, 1.807) is 31.7 Å². The smallest absolute Gasteiger partial charge is 0.407 e. The van der Waals surface area contributed by atoms with Gasteiger partial charge in [0.1, 0.15) is 17.1 Å². The first-order valence-corrected chi connectivity index (χ1v) is 18.8. The van der Waals surface area contributed by atoms with Crippen LogP contribution in [0.25, 0.3) is 10.9 Å². The quantitative estimate of drug-likeness (QED) is 0.187. The molecule has 1 aromatic carbocycles. The molecule has 1 unspecified atom stereocenters. The maximum atomic E-state index is 16.1. The molecule has 3 aliphatic rings. The van der Waals surface area contributed by atoms with Crippen molar-refractivity contribution in [1.82, 2.24) is 24.8 Å². The molecule has 10 nitrogen and oxygen atoms in total. The summed E-state index contributed by atoms with van der Waals surface area (Å²) in [6, 6.07) is 11.7. The minimum atomic E-state index is -1.75. The van der Waals surface area contributed by atoms with Crippen LogP contribution < -0.4 is 20.5 Å². The molecule has 2 saturated heterocycles. The third kappa shape index (κ3) is 8.64. The summed E-state index contributed by atoms with van der Waals surface area (Å²) in [5, 5.41) is 2.88. The summed E-state index contributed by atoms with van der Waals surface area (Å²) in [5.74, 6) is -0.558. The normalized spacial score (nSPS) is 20.7. The Morgan fingerprint density at radius 3 is 2.57 bits per heavy atom. The molecule has 53 heavy (non-hydrogen) atoms. The molecule has 4 aromatic rings. The standard InChI is InChI=1S/C41H51F2N7O3/c1-27-8-9-32(20-45-27)47-15-6-7-33(24-47)49(21-29-12-14-44-28(2)17-29)22-30-23-50(31-10-11-31)36-19-37(35(42)18-34(36)38(30)51)48-16-13-41(43,26-48)25-46-39(52)53-40(3,4)5/h8-9,12,14,17-20,23,31,33H,6-7,10-11,13,15-16,21-22,24-26H2,1-5H3,(H,46,52)/t33-,41?/m0/s1. The van der Waals surface area contributed by atoms with Gasteiger partial charge in [-0.15, -0.1) is 0 Å². The molecule has 5 heterocycles. The highest BCUT2D eigenvalue weighted by atomic mass is 19.1. The fourth-order valence-electron chi connectivity index (χ4n) is 7.76. The van der Waals surface area contributed by atoms with E-state index in [4.69, 9.17) is 4.74 Å². The van der Waals surface area contributed by atoms with Gasteiger partial charge < -0.3 is 24.4 Å². The number of halogens is 2. The summed E-state index contributed by atoms with van der Waals surface area (Å²) in [7, 11) is 0. The third-order valence-electron chi connectivity index (χ3n) is 10.6. The summed E-state index contributed by atoms with van der Waals surface area (Å²) in [5.41, 5.74) is 3.06. The van der Waals surface area contributed by atoms with Crippen molar-refractivity contribution in [3.63, 3.8) is 0 Å². The van der Waals surface area contributed by atoms with E-state index in [1.807, 2.05) is 44.6 Å². The number of nitrogens with one attached hydrogen (secondary N) is 1. The minimum absolute atomic E-state index is 0.0858. The van der Waals surface area contributed by atoms with E-state index < -0.39 is 23.2 Å². The van der Waals surface area contributed by atoms with Gasteiger partial charge in [0.25, 0.3) is 0 Å². The zero-order valence-electron chi connectivity index (χ0n) is 31.5. The number of rotatable bonds is 10. The number of amides is 1. The first kappa shape index (κ1) is 36.8. The van der Waals surface area contributed by atoms with Gasteiger partial charge >= 0.3 is 6.09 Å². The number of ether oxygens (including phenoxy) is 1. The van der Waals surface area contributed by atoms with Gasteiger partial charge in [0.05, 0.1) is 36.2 Å². The van der Waals surface area contributed by atoms with Crippen LogP contribution in [0.15, 0.2) is 59.8 Å². The number of aryl methyl sites for hydroxylation is 2. The summed E-state index contributed by atoms with van der Waals surface area (Å²) in [6.45, 7) is 12.0. The van der Waals surface area contributed by atoms with Crippen molar-refractivity contribution in [3.8, 4) is 0 Å². The van der Waals surface area contributed by atoms with Crippen LogP contribution in [0.1, 0.15) is 81.4 Å². The van der Waals surface area contributed by atoms with Crippen LogP contribution in [0.2, 0.25) is 0 Å². The highest BCUT2D eigenvalue weighted by Crippen LogP contribution is 2.39. The van der Waals surface area contributed by atoms with Gasteiger partial charge in [-0.25, -0.2) is 13.6 Å². The van der Waals surface area contributed by atoms with E-state index in [2.05, 4.69) is 41.8 Å². The number of alkyl halides is 1. The number of aromatic nitrogens is 3. The summed E-state index contributed by atoms with van der Waals surface area (Å²) in [6.07, 6.45) is 9.12. The zero-order valence-corrected chi connectivity index (χ0v) is 31.5. The number of carbonyl (C=O) groups excluding carboxylic acids is 1. The molecule has 0 radical (unpaired) electrons. The molecule has 3 fully saturated rings. The molecule has 0 bridgehead atoms. The Balaban J connectivity index is 1.17. The van der Waals surface area contributed by atoms with Crippen molar-refractivity contribution in [2.75, 3.05) is 42.5 Å². The molecule has 2 aliphatic heterocycles. The molecule has 1 aliphatic carbocycles. The van der Waals surface area contributed by atoms with Crippen LogP contribution >= 0.6 is 0 Å². The van der Waals surface area contributed by atoms with Crippen molar-refractivity contribution in [2.24, 2.45) is 0 Å². The zero-order chi connectivity index (χ0) is 37.5. The highest BCUT2D eigenvalue weighted by Gasteiger charge is 2.40. The molecule has 2 atom stereocenters.